The highest BCUT2D eigenvalue weighted by molar-refractivity contribution is 5.97. The highest BCUT2D eigenvalue weighted by Crippen LogP contribution is 2.25. The van der Waals surface area contributed by atoms with Crippen molar-refractivity contribution in [3.05, 3.63) is 22.9 Å². The minimum atomic E-state index is -0.626. The maximum Gasteiger partial charge on any atom is 0.252 e. The van der Waals surface area contributed by atoms with Crippen LogP contribution in [0.5, 0.6) is 0 Å². The van der Waals surface area contributed by atoms with Gasteiger partial charge in [-0.25, -0.2) is 4.98 Å². The molecule has 6 heteroatoms. The van der Waals surface area contributed by atoms with Gasteiger partial charge >= 0.3 is 0 Å². The smallest absolute Gasteiger partial charge is 0.252 e. The lowest BCUT2D eigenvalue weighted by atomic mass is 10.1. The molecule has 0 radical (unpaired) electrons. The number of hydrogen-bond acceptors (Lipinski definition) is 5. The van der Waals surface area contributed by atoms with Gasteiger partial charge in [0.05, 0.1) is 11.7 Å². The average molecular weight is 264 g/mol. The number of amides is 1. The predicted molar refractivity (Wildman–Crippen MR) is 72.9 cm³/mol. The number of rotatable bonds is 5. The molecule has 1 heterocycles. The van der Waals surface area contributed by atoms with Crippen molar-refractivity contribution in [1.82, 2.24) is 4.98 Å². The molecule has 104 valence electrons. The summed E-state index contributed by atoms with van der Waals surface area (Å²) in [5.41, 5.74) is 13.6. The van der Waals surface area contributed by atoms with Crippen LogP contribution >= 0.6 is 0 Å². The molecule has 2 rings (SSSR count). The molecule has 0 aromatic carbocycles. The van der Waals surface area contributed by atoms with E-state index in [0.29, 0.717) is 17.9 Å². The summed E-state index contributed by atoms with van der Waals surface area (Å²) in [6.45, 7) is 1.96. The van der Waals surface area contributed by atoms with E-state index < -0.39 is 18.1 Å². The Morgan fingerprint density at radius 3 is 2.95 bits per heavy atom. The lowest BCUT2D eigenvalue weighted by molar-refractivity contribution is 0.100. The Bertz CT molecular complexity index is 488. The van der Waals surface area contributed by atoms with Gasteiger partial charge < -0.3 is 21.9 Å². The highest BCUT2D eigenvalue weighted by Gasteiger charge is 2.19. The van der Waals surface area contributed by atoms with Crippen LogP contribution in [0.3, 0.4) is 0 Å². The van der Waals surface area contributed by atoms with Gasteiger partial charge in [0.2, 0.25) is 0 Å². The van der Waals surface area contributed by atoms with Gasteiger partial charge in [-0.05, 0) is 37.8 Å². The van der Waals surface area contributed by atoms with Gasteiger partial charge in [0.15, 0.2) is 0 Å². The van der Waals surface area contributed by atoms with Crippen LogP contribution in [0.15, 0.2) is 6.07 Å². The first-order valence-electron chi connectivity index (χ1n) is 6.49. The van der Waals surface area contributed by atoms with Crippen molar-refractivity contribution in [2.75, 3.05) is 11.9 Å². The Hall–Kier alpha value is -1.66. The molecule has 1 aromatic rings. The van der Waals surface area contributed by atoms with E-state index in [1.807, 2.05) is 6.07 Å². The number of carbonyl (C=O) groups excluding carboxylic acids is 1. The van der Waals surface area contributed by atoms with E-state index in [4.69, 9.17) is 11.5 Å². The Labute approximate surface area is 112 Å². The summed E-state index contributed by atoms with van der Waals surface area (Å²) in [5.74, 6) is -0.0421. The van der Waals surface area contributed by atoms with Crippen LogP contribution in [0.2, 0.25) is 0 Å². The Balaban J connectivity index is 2.21. The fourth-order valence-corrected chi connectivity index (χ4v) is 2.18. The molecule has 0 fully saturated rings. The van der Waals surface area contributed by atoms with E-state index in [-0.39, 0.29) is 0 Å². The fourth-order valence-electron chi connectivity index (χ4n) is 2.18. The second-order valence-corrected chi connectivity index (χ2v) is 4.99. The van der Waals surface area contributed by atoms with E-state index in [1.165, 1.54) is 0 Å². The molecular formula is C13H20N4O2. The van der Waals surface area contributed by atoms with E-state index in [2.05, 4.69) is 10.3 Å². The Kier molecular flexibility index (Phi) is 4.01. The number of carbonyl (C=O) groups is 1. The van der Waals surface area contributed by atoms with E-state index in [1.54, 1.807) is 6.92 Å². The molecule has 1 aromatic heterocycles. The summed E-state index contributed by atoms with van der Waals surface area (Å²) < 4.78 is 0. The van der Waals surface area contributed by atoms with Gasteiger partial charge in [0.1, 0.15) is 5.82 Å². The number of nitrogens with zero attached hydrogens (tertiary/aromatic N) is 1. The highest BCUT2D eigenvalue weighted by atomic mass is 16.3. The number of pyridine rings is 1. The largest absolute Gasteiger partial charge is 0.392 e. The summed E-state index contributed by atoms with van der Waals surface area (Å²) in [7, 11) is 0. The summed E-state index contributed by atoms with van der Waals surface area (Å²) in [6, 6.07) is 1.39. The van der Waals surface area contributed by atoms with Gasteiger partial charge in [-0.2, -0.15) is 0 Å². The van der Waals surface area contributed by atoms with Gasteiger partial charge in [-0.1, -0.05) is 0 Å². The number of aliphatic hydroxyl groups excluding tert-OH is 1. The zero-order valence-corrected chi connectivity index (χ0v) is 11.0. The lowest BCUT2D eigenvalue weighted by Crippen LogP contribution is -2.39. The third kappa shape index (κ3) is 3.02. The zero-order chi connectivity index (χ0) is 14.0. The molecule has 0 saturated carbocycles. The van der Waals surface area contributed by atoms with Crippen molar-refractivity contribution in [1.29, 1.82) is 0 Å². The second kappa shape index (κ2) is 5.54. The molecule has 1 aliphatic rings. The standard InChI is InChI=1S/C13H20N4O2/c1-7(18)10(14)6-16-13-9(12(15)19)5-8-3-2-4-11(8)17-13/h5,7,10,18H,2-4,6,14H2,1H3,(H2,15,19)(H,16,17). The molecule has 6 nitrogen and oxygen atoms in total. The van der Waals surface area contributed by atoms with Crippen molar-refractivity contribution in [3.63, 3.8) is 0 Å². The molecule has 19 heavy (non-hydrogen) atoms. The molecular weight excluding hydrogens is 244 g/mol. The zero-order valence-electron chi connectivity index (χ0n) is 11.0. The van der Waals surface area contributed by atoms with Crippen LogP contribution in [-0.4, -0.2) is 34.7 Å². The number of aromatic nitrogens is 1. The number of primary amides is 1. The lowest BCUT2D eigenvalue weighted by Gasteiger charge is -2.17. The molecule has 1 aliphatic carbocycles. The number of nitrogens with one attached hydrogen (secondary N) is 1. The van der Waals surface area contributed by atoms with Crippen molar-refractivity contribution in [2.45, 2.75) is 38.3 Å². The number of aliphatic hydroxyl groups is 1. The molecule has 0 aliphatic heterocycles. The number of anilines is 1. The maximum absolute atomic E-state index is 11.5. The number of nitrogens with two attached hydrogens (primary N) is 2. The average Bonchev–Trinajstić information content (AvgIpc) is 2.81. The quantitative estimate of drug-likeness (QED) is 0.587. The third-order valence-corrected chi connectivity index (χ3v) is 3.44. The van der Waals surface area contributed by atoms with Gasteiger partial charge in [-0.15, -0.1) is 0 Å². The van der Waals surface area contributed by atoms with Crippen LogP contribution in [-0.2, 0) is 12.8 Å². The monoisotopic (exact) mass is 264 g/mol. The van der Waals surface area contributed by atoms with Crippen LogP contribution in [0.4, 0.5) is 5.82 Å². The topological polar surface area (TPSA) is 114 Å². The van der Waals surface area contributed by atoms with Crippen molar-refractivity contribution < 1.29 is 9.90 Å². The van der Waals surface area contributed by atoms with Crippen LogP contribution in [0.1, 0.15) is 35.0 Å². The van der Waals surface area contributed by atoms with Crippen molar-refractivity contribution >= 4 is 11.7 Å². The maximum atomic E-state index is 11.5. The number of fused-ring (bicyclic) bond motifs is 1. The molecule has 6 N–H and O–H groups in total. The second-order valence-electron chi connectivity index (χ2n) is 4.99. The first kappa shape index (κ1) is 13.8. The normalized spacial score (nSPS) is 16.8. The molecule has 0 spiro atoms. The third-order valence-electron chi connectivity index (χ3n) is 3.44. The predicted octanol–water partition coefficient (Wildman–Crippen LogP) is -0.211. The first-order valence-corrected chi connectivity index (χ1v) is 6.49. The van der Waals surface area contributed by atoms with Gasteiger partial charge in [0, 0.05) is 18.3 Å². The van der Waals surface area contributed by atoms with E-state index in [9.17, 15) is 9.90 Å². The molecule has 2 unspecified atom stereocenters. The summed E-state index contributed by atoms with van der Waals surface area (Å²) >= 11 is 0. The summed E-state index contributed by atoms with van der Waals surface area (Å²) in [5, 5.41) is 12.4. The summed E-state index contributed by atoms with van der Waals surface area (Å²) in [4.78, 5) is 15.9. The summed E-state index contributed by atoms with van der Waals surface area (Å²) in [6.07, 6.45) is 2.29. The fraction of sp³-hybridized carbons (Fsp3) is 0.538. The van der Waals surface area contributed by atoms with Crippen LogP contribution in [0, 0.1) is 0 Å². The van der Waals surface area contributed by atoms with Gasteiger partial charge in [0.25, 0.3) is 5.91 Å². The van der Waals surface area contributed by atoms with E-state index in [0.717, 1.165) is 30.5 Å². The number of hydrogen-bond donors (Lipinski definition) is 4. The minimum Gasteiger partial charge on any atom is -0.392 e. The molecule has 2 atom stereocenters. The molecule has 1 amide bonds. The van der Waals surface area contributed by atoms with Crippen molar-refractivity contribution in [2.24, 2.45) is 11.5 Å². The van der Waals surface area contributed by atoms with Crippen LogP contribution < -0.4 is 16.8 Å². The Morgan fingerprint density at radius 2 is 2.32 bits per heavy atom. The Morgan fingerprint density at radius 1 is 1.58 bits per heavy atom. The SMILES string of the molecule is CC(O)C(N)CNc1nc2c(cc1C(N)=O)CCC2. The number of aryl methyl sites for hydroxylation is 2. The van der Waals surface area contributed by atoms with Crippen molar-refractivity contribution in [3.8, 4) is 0 Å². The molecule has 0 bridgehead atoms. The first-order chi connectivity index (χ1) is 8.99. The van der Waals surface area contributed by atoms with Crippen LogP contribution in [0.25, 0.3) is 0 Å². The van der Waals surface area contributed by atoms with E-state index >= 15 is 0 Å². The molecule has 0 saturated heterocycles. The minimum absolute atomic E-state index is 0.337. The van der Waals surface area contributed by atoms with Gasteiger partial charge in [-0.3, -0.25) is 4.79 Å².